The molecule has 0 spiro atoms. The van der Waals surface area contributed by atoms with Crippen molar-refractivity contribution in [1.82, 2.24) is 4.98 Å². The molecule has 1 aromatic heterocycles. The van der Waals surface area contributed by atoms with E-state index >= 15 is 0 Å². The van der Waals surface area contributed by atoms with Gasteiger partial charge in [-0.05, 0) is 59.4 Å². The van der Waals surface area contributed by atoms with Crippen LogP contribution >= 0.6 is 0 Å². The molecule has 2 aromatic carbocycles. The first-order chi connectivity index (χ1) is 12.4. The van der Waals surface area contributed by atoms with E-state index in [9.17, 15) is 0 Å². The molecule has 0 aliphatic heterocycles. The molecule has 124 valence electrons. The van der Waals surface area contributed by atoms with Crippen molar-refractivity contribution in [3.8, 4) is 0 Å². The maximum absolute atomic E-state index is 4.79. The topological polar surface area (TPSA) is 12.9 Å². The molecule has 1 heterocycles. The number of hydrogen-bond acceptors (Lipinski definition) is 1. The summed E-state index contributed by atoms with van der Waals surface area (Å²) in [6, 6.07) is 19.4. The third-order valence-corrected chi connectivity index (χ3v) is 5.04. The molecule has 3 aromatic rings. The predicted octanol–water partition coefficient (Wildman–Crippen LogP) is 6.30. The molecule has 1 unspecified atom stereocenters. The van der Waals surface area contributed by atoms with Crippen molar-refractivity contribution in [2.24, 2.45) is 5.92 Å². The van der Waals surface area contributed by atoms with Crippen LogP contribution in [-0.4, -0.2) is 4.98 Å². The highest BCUT2D eigenvalue weighted by Gasteiger charge is 2.23. The van der Waals surface area contributed by atoms with Crippen LogP contribution < -0.4 is 0 Å². The summed E-state index contributed by atoms with van der Waals surface area (Å²) in [5.74, 6) is 0.482. The van der Waals surface area contributed by atoms with Crippen molar-refractivity contribution in [1.29, 1.82) is 0 Å². The monoisotopic (exact) mass is 325 g/mol. The standard InChI is InChI=1S/C24H23N/c1-2-3-4-12-21-16-19-10-5-6-11-20(19)17-23(21)24-22-13-8-7-9-18(22)14-15-25-24/h3-11,13-15,17,21H,2,12,16H2,1H3. The summed E-state index contributed by atoms with van der Waals surface area (Å²) in [6.07, 6.45) is 12.1. The molecule has 1 atom stereocenters. The smallest absolute Gasteiger partial charge is 0.0743 e. The van der Waals surface area contributed by atoms with Crippen LogP contribution in [0.25, 0.3) is 22.4 Å². The Kier molecular flexibility index (Phi) is 4.47. The second-order valence-electron chi connectivity index (χ2n) is 6.70. The summed E-state index contributed by atoms with van der Waals surface area (Å²) >= 11 is 0. The summed E-state index contributed by atoms with van der Waals surface area (Å²) in [5.41, 5.74) is 5.29. The van der Waals surface area contributed by atoms with Crippen LogP contribution in [0.4, 0.5) is 0 Å². The van der Waals surface area contributed by atoms with Gasteiger partial charge in [-0.15, -0.1) is 0 Å². The lowest BCUT2D eigenvalue weighted by atomic mass is 9.79. The summed E-state index contributed by atoms with van der Waals surface area (Å²) in [4.78, 5) is 4.79. The fourth-order valence-electron chi connectivity index (χ4n) is 3.77. The van der Waals surface area contributed by atoms with Gasteiger partial charge in [0.25, 0.3) is 0 Å². The maximum Gasteiger partial charge on any atom is 0.0743 e. The first-order valence-corrected chi connectivity index (χ1v) is 9.15. The van der Waals surface area contributed by atoms with Crippen molar-refractivity contribution in [2.45, 2.75) is 26.2 Å². The molecule has 0 saturated heterocycles. The Morgan fingerprint density at radius 2 is 1.84 bits per heavy atom. The lowest BCUT2D eigenvalue weighted by molar-refractivity contribution is 0.670. The Bertz CT molecular complexity index is 944. The van der Waals surface area contributed by atoms with E-state index in [-0.39, 0.29) is 0 Å². The normalized spacial score (nSPS) is 16.8. The third-order valence-electron chi connectivity index (χ3n) is 5.04. The van der Waals surface area contributed by atoms with E-state index in [1.54, 1.807) is 0 Å². The van der Waals surface area contributed by atoms with Crippen LogP contribution in [-0.2, 0) is 6.42 Å². The van der Waals surface area contributed by atoms with E-state index in [1.165, 1.54) is 27.5 Å². The highest BCUT2D eigenvalue weighted by Crippen LogP contribution is 2.38. The van der Waals surface area contributed by atoms with E-state index in [4.69, 9.17) is 4.98 Å². The Hall–Kier alpha value is -2.67. The van der Waals surface area contributed by atoms with Crippen LogP contribution in [0.2, 0.25) is 0 Å². The van der Waals surface area contributed by atoms with Crippen molar-refractivity contribution >= 4 is 22.4 Å². The zero-order valence-electron chi connectivity index (χ0n) is 14.7. The fourth-order valence-corrected chi connectivity index (χ4v) is 3.77. The lowest BCUT2D eigenvalue weighted by Gasteiger charge is -2.26. The molecule has 1 aliphatic rings. The molecule has 1 heteroatoms. The highest BCUT2D eigenvalue weighted by atomic mass is 14.7. The fraction of sp³-hybridized carbons (Fsp3) is 0.208. The van der Waals surface area contributed by atoms with Crippen LogP contribution in [0.15, 0.2) is 72.9 Å². The molecule has 25 heavy (non-hydrogen) atoms. The number of pyridine rings is 1. The van der Waals surface area contributed by atoms with Crippen LogP contribution in [0.3, 0.4) is 0 Å². The second-order valence-corrected chi connectivity index (χ2v) is 6.70. The average molecular weight is 325 g/mol. The van der Waals surface area contributed by atoms with Gasteiger partial charge in [0.2, 0.25) is 0 Å². The summed E-state index contributed by atoms with van der Waals surface area (Å²) < 4.78 is 0. The number of fused-ring (bicyclic) bond motifs is 2. The zero-order valence-corrected chi connectivity index (χ0v) is 14.7. The molecule has 1 aliphatic carbocycles. The van der Waals surface area contributed by atoms with Gasteiger partial charge in [0.1, 0.15) is 0 Å². The minimum Gasteiger partial charge on any atom is -0.256 e. The summed E-state index contributed by atoms with van der Waals surface area (Å²) in [5, 5.41) is 2.51. The number of benzene rings is 2. The minimum absolute atomic E-state index is 0.482. The molecular formula is C24H23N. The Morgan fingerprint density at radius 3 is 2.76 bits per heavy atom. The Labute approximate surface area is 149 Å². The van der Waals surface area contributed by atoms with Gasteiger partial charge in [-0.3, -0.25) is 4.98 Å². The van der Waals surface area contributed by atoms with Gasteiger partial charge < -0.3 is 0 Å². The van der Waals surface area contributed by atoms with Gasteiger partial charge in [0, 0.05) is 11.6 Å². The van der Waals surface area contributed by atoms with Crippen molar-refractivity contribution in [3.63, 3.8) is 0 Å². The van der Waals surface area contributed by atoms with Gasteiger partial charge in [-0.1, -0.05) is 67.6 Å². The van der Waals surface area contributed by atoms with Gasteiger partial charge in [-0.25, -0.2) is 0 Å². The minimum atomic E-state index is 0.482. The van der Waals surface area contributed by atoms with E-state index in [0.29, 0.717) is 5.92 Å². The first-order valence-electron chi connectivity index (χ1n) is 9.15. The van der Waals surface area contributed by atoms with Crippen LogP contribution in [0.5, 0.6) is 0 Å². The Morgan fingerprint density at radius 1 is 1.00 bits per heavy atom. The van der Waals surface area contributed by atoms with Crippen LogP contribution in [0, 0.1) is 5.92 Å². The first kappa shape index (κ1) is 15.8. The van der Waals surface area contributed by atoms with Gasteiger partial charge in [0.05, 0.1) is 5.69 Å². The number of aromatic nitrogens is 1. The number of rotatable bonds is 4. The number of nitrogens with zero attached hydrogens (tertiary/aromatic N) is 1. The molecular weight excluding hydrogens is 302 g/mol. The van der Waals surface area contributed by atoms with Gasteiger partial charge in [0.15, 0.2) is 0 Å². The van der Waals surface area contributed by atoms with E-state index in [1.807, 2.05) is 6.20 Å². The van der Waals surface area contributed by atoms with Crippen LogP contribution in [0.1, 0.15) is 36.6 Å². The van der Waals surface area contributed by atoms with E-state index in [2.05, 4.69) is 79.7 Å². The van der Waals surface area contributed by atoms with Crippen molar-refractivity contribution in [2.75, 3.05) is 0 Å². The molecule has 0 amide bonds. The SMILES string of the molecule is CCC=CCC1Cc2ccccc2C=C1c1nccc2ccccc12. The third kappa shape index (κ3) is 3.15. The largest absolute Gasteiger partial charge is 0.256 e. The van der Waals surface area contributed by atoms with E-state index < -0.39 is 0 Å². The highest BCUT2D eigenvalue weighted by molar-refractivity contribution is 5.97. The maximum atomic E-state index is 4.79. The summed E-state index contributed by atoms with van der Waals surface area (Å²) in [6.45, 7) is 2.19. The predicted molar refractivity (Wildman–Crippen MR) is 107 cm³/mol. The Balaban J connectivity index is 1.85. The molecule has 1 nitrogen and oxygen atoms in total. The van der Waals surface area contributed by atoms with Gasteiger partial charge in [-0.2, -0.15) is 0 Å². The molecule has 0 bridgehead atoms. The second kappa shape index (κ2) is 7.06. The molecule has 0 radical (unpaired) electrons. The quantitative estimate of drug-likeness (QED) is 0.513. The van der Waals surface area contributed by atoms with Crippen molar-refractivity contribution < 1.29 is 0 Å². The number of allylic oxidation sites excluding steroid dienone is 3. The average Bonchev–Trinajstić information content (AvgIpc) is 2.67. The zero-order chi connectivity index (χ0) is 17.1. The van der Waals surface area contributed by atoms with Crippen molar-refractivity contribution in [3.05, 3.63) is 89.8 Å². The van der Waals surface area contributed by atoms with Gasteiger partial charge >= 0.3 is 0 Å². The molecule has 0 N–H and O–H groups in total. The summed E-state index contributed by atoms with van der Waals surface area (Å²) in [7, 11) is 0. The molecule has 4 rings (SSSR count). The number of hydrogen-bond donors (Lipinski definition) is 0. The molecule has 0 saturated carbocycles. The van der Waals surface area contributed by atoms with E-state index in [0.717, 1.165) is 25.0 Å². The molecule has 0 fully saturated rings. The lowest BCUT2D eigenvalue weighted by Crippen LogP contribution is -2.13.